The fraction of sp³-hybridized carbons (Fsp3) is 0.160. The average molecular weight is 449 g/mol. The monoisotopic (exact) mass is 448 g/mol. The van der Waals surface area contributed by atoms with Gasteiger partial charge in [-0.2, -0.15) is 0 Å². The molecule has 0 saturated carbocycles. The fourth-order valence-electron chi connectivity index (χ4n) is 3.40. The molecule has 2 N–H and O–H groups in total. The Bertz CT molecular complexity index is 1380. The molecule has 0 saturated heterocycles. The first kappa shape index (κ1) is 21.9. The second-order valence-electron chi connectivity index (χ2n) is 7.81. The van der Waals surface area contributed by atoms with Crippen molar-refractivity contribution in [2.45, 2.75) is 19.9 Å². The van der Waals surface area contributed by atoms with Crippen molar-refractivity contribution in [3.8, 4) is 5.69 Å². The van der Waals surface area contributed by atoms with Gasteiger partial charge in [-0.3, -0.25) is 14.3 Å². The summed E-state index contributed by atoms with van der Waals surface area (Å²) in [6.45, 7) is 4.08. The van der Waals surface area contributed by atoms with Crippen LogP contribution in [0.1, 0.15) is 37.1 Å². The molecule has 0 aliphatic heterocycles. The normalized spacial score (nSPS) is 12.7. The van der Waals surface area contributed by atoms with E-state index in [0.29, 0.717) is 27.7 Å². The van der Waals surface area contributed by atoms with Crippen molar-refractivity contribution < 1.29 is 4.39 Å². The number of hydrogen-bond acceptors (Lipinski definition) is 4. The highest BCUT2D eigenvalue weighted by molar-refractivity contribution is 6.32. The van der Waals surface area contributed by atoms with Crippen molar-refractivity contribution in [2.75, 3.05) is 0 Å². The molecule has 0 radical (unpaired) electrons. The van der Waals surface area contributed by atoms with Crippen LogP contribution in [0.25, 0.3) is 28.7 Å². The summed E-state index contributed by atoms with van der Waals surface area (Å²) in [4.78, 5) is 22.5. The first-order chi connectivity index (χ1) is 15.3. The minimum absolute atomic E-state index is 0.171. The standard InChI is InChI=1S/C25H22ClFN4O/c1-15(2)24(28)21-8-5-6-17(29-21)11-13-23-30-20-12-10-16(27)14-18(20)25(32)31(23)22-9-4-3-7-19(22)26/h3-15,24H,28H2,1-2H3/b13-11+. The molecule has 1 atom stereocenters. The maximum absolute atomic E-state index is 13.8. The number of nitrogens with zero attached hydrogens (tertiary/aromatic N) is 3. The van der Waals surface area contributed by atoms with Gasteiger partial charge in [-0.05, 0) is 60.5 Å². The summed E-state index contributed by atoms with van der Waals surface area (Å²) in [5, 5.41) is 0.551. The minimum atomic E-state index is -0.507. The molecule has 1 unspecified atom stereocenters. The highest BCUT2D eigenvalue weighted by Crippen LogP contribution is 2.23. The Labute approximate surface area is 190 Å². The van der Waals surface area contributed by atoms with Crippen molar-refractivity contribution in [1.82, 2.24) is 14.5 Å². The first-order valence-electron chi connectivity index (χ1n) is 10.2. The summed E-state index contributed by atoms with van der Waals surface area (Å²) >= 11 is 6.38. The Morgan fingerprint density at radius 3 is 2.56 bits per heavy atom. The molecule has 4 aromatic rings. The van der Waals surface area contributed by atoms with Gasteiger partial charge in [0, 0.05) is 6.04 Å². The van der Waals surface area contributed by atoms with E-state index in [1.807, 2.05) is 32.0 Å². The Balaban J connectivity index is 1.88. The van der Waals surface area contributed by atoms with E-state index >= 15 is 0 Å². The molecule has 0 aliphatic rings. The minimum Gasteiger partial charge on any atom is -0.322 e. The number of rotatable bonds is 5. The molecule has 4 rings (SSSR count). The van der Waals surface area contributed by atoms with Gasteiger partial charge >= 0.3 is 0 Å². The third-order valence-corrected chi connectivity index (χ3v) is 5.52. The van der Waals surface area contributed by atoms with Crippen LogP contribution >= 0.6 is 11.6 Å². The van der Waals surface area contributed by atoms with Crippen molar-refractivity contribution in [1.29, 1.82) is 0 Å². The van der Waals surface area contributed by atoms with Crippen LogP contribution in [0.3, 0.4) is 0 Å². The Morgan fingerprint density at radius 2 is 1.81 bits per heavy atom. The molecule has 7 heteroatoms. The van der Waals surface area contributed by atoms with Gasteiger partial charge in [0.1, 0.15) is 11.6 Å². The highest BCUT2D eigenvalue weighted by Gasteiger charge is 2.15. The third kappa shape index (κ3) is 4.33. The quantitative estimate of drug-likeness (QED) is 0.443. The molecular weight excluding hydrogens is 427 g/mol. The van der Waals surface area contributed by atoms with Crippen molar-refractivity contribution >= 4 is 34.7 Å². The van der Waals surface area contributed by atoms with Crippen LogP contribution in [0.5, 0.6) is 0 Å². The van der Waals surface area contributed by atoms with E-state index in [2.05, 4.69) is 9.97 Å². The number of halogens is 2. The van der Waals surface area contributed by atoms with Crippen LogP contribution in [-0.4, -0.2) is 14.5 Å². The van der Waals surface area contributed by atoms with Gasteiger partial charge in [-0.15, -0.1) is 0 Å². The van der Waals surface area contributed by atoms with Gasteiger partial charge in [0.25, 0.3) is 5.56 Å². The van der Waals surface area contributed by atoms with Crippen molar-refractivity contribution in [3.63, 3.8) is 0 Å². The van der Waals surface area contributed by atoms with Gasteiger partial charge in [0.15, 0.2) is 0 Å². The highest BCUT2D eigenvalue weighted by atomic mass is 35.5. The summed E-state index contributed by atoms with van der Waals surface area (Å²) in [6.07, 6.45) is 3.46. The zero-order chi connectivity index (χ0) is 22.8. The van der Waals surface area contributed by atoms with Crippen molar-refractivity contribution in [2.24, 2.45) is 11.7 Å². The number of nitrogens with two attached hydrogens (primary N) is 1. The molecule has 0 fully saturated rings. The number of aromatic nitrogens is 3. The summed E-state index contributed by atoms with van der Waals surface area (Å²) < 4.78 is 15.2. The molecule has 162 valence electrons. The Morgan fingerprint density at radius 1 is 1.03 bits per heavy atom. The molecule has 0 aliphatic carbocycles. The zero-order valence-corrected chi connectivity index (χ0v) is 18.4. The summed E-state index contributed by atoms with van der Waals surface area (Å²) in [7, 11) is 0. The molecular formula is C25H22ClFN4O. The van der Waals surface area contributed by atoms with Gasteiger partial charge < -0.3 is 5.73 Å². The van der Waals surface area contributed by atoms with Crippen LogP contribution in [0.4, 0.5) is 4.39 Å². The molecule has 0 bridgehead atoms. The van der Waals surface area contributed by atoms with Gasteiger partial charge in [0.2, 0.25) is 0 Å². The van der Waals surface area contributed by atoms with E-state index in [4.69, 9.17) is 17.3 Å². The fourth-order valence-corrected chi connectivity index (χ4v) is 3.62. The van der Waals surface area contributed by atoms with E-state index in [0.717, 1.165) is 5.69 Å². The number of pyridine rings is 1. The predicted molar refractivity (Wildman–Crippen MR) is 127 cm³/mol. The van der Waals surface area contributed by atoms with E-state index in [9.17, 15) is 9.18 Å². The Hall–Kier alpha value is -3.35. The lowest BCUT2D eigenvalue weighted by atomic mass is 10.0. The first-order valence-corrected chi connectivity index (χ1v) is 10.6. The SMILES string of the molecule is CC(C)C(N)c1cccc(/C=C/c2nc3ccc(F)cc3c(=O)n2-c2ccccc2Cl)n1. The second kappa shape index (κ2) is 9.02. The lowest BCUT2D eigenvalue weighted by Crippen LogP contribution is -2.22. The Kier molecular flexibility index (Phi) is 6.17. The van der Waals surface area contributed by atoms with Crippen molar-refractivity contribution in [3.05, 3.63) is 99.1 Å². The molecule has 0 amide bonds. The molecule has 0 spiro atoms. The lowest BCUT2D eigenvalue weighted by Gasteiger charge is -2.15. The van der Waals surface area contributed by atoms with Crippen LogP contribution in [-0.2, 0) is 0 Å². The second-order valence-corrected chi connectivity index (χ2v) is 8.22. The maximum atomic E-state index is 13.8. The summed E-state index contributed by atoms with van der Waals surface area (Å²) in [5.74, 6) is 0.0881. The smallest absolute Gasteiger partial charge is 0.266 e. The molecule has 2 aromatic heterocycles. The third-order valence-electron chi connectivity index (χ3n) is 5.20. The van der Waals surface area contributed by atoms with Gasteiger partial charge in [-0.1, -0.05) is 43.6 Å². The van der Waals surface area contributed by atoms with E-state index in [1.165, 1.54) is 22.8 Å². The van der Waals surface area contributed by atoms with Crippen LogP contribution in [0.2, 0.25) is 5.02 Å². The molecule has 2 aromatic carbocycles. The molecule has 5 nitrogen and oxygen atoms in total. The lowest BCUT2D eigenvalue weighted by molar-refractivity contribution is 0.503. The van der Waals surface area contributed by atoms with E-state index in [1.54, 1.807) is 36.4 Å². The van der Waals surface area contributed by atoms with Gasteiger partial charge in [0.05, 0.1) is 33.0 Å². The maximum Gasteiger partial charge on any atom is 0.266 e. The van der Waals surface area contributed by atoms with Gasteiger partial charge in [-0.25, -0.2) is 9.37 Å². The van der Waals surface area contributed by atoms with E-state index < -0.39 is 11.4 Å². The number of fused-ring (bicyclic) bond motifs is 1. The summed E-state index contributed by atoms with van der Waals surface area (Å²) in [5.41, 5.74) is 8.14. The topological polar surface area (TPSA) is 73.8 Å². The number of benzene rings is 2. The summed E-state index contributed by atoms with van der Waals surface area (Å²) in [6, 6.07) is 16.3. The number of para-hydroxylation sites is 1. The largest absolute Gasteiger partial charge is 0.322 e. The van der Waals surface area contributed by atoms with Crippen LogP contribution in [0, 0.1) is 11.7 Å². The van der Waals surface area contributed by atoms with Crippen LogP contribution < -0.4 is 11.3 Å². The predicted octanol–water partition coefficient (Wildman–Crippen LogP) is 5.40. The van der Waals surface area contributed by atoms with Crippen LogP contribution in [0.15, 0.2) is 65.5 Å². The average Bonchev–Trinajstić information content (AvgIpc) is 2.78. The number of hydrogen-bond donors (Lipinski definition) is 1. The molecule has 32 heavy (non-hydrogen) atoms. The molecule has 2 heterocycles. The zero-order valence-electron chi connectivity index (χ0n) is 17.7. The van der Waals surface area contributed by atoms with E-state index in [-0.39, 0.29) is 17.3 Å².